The summed E-state index contributed by atoms with van der Waals surface area (Å²) in [7, 11) is 0. The number of hydrogen-bond donors (Lipinski definition) is 1. The first-order valence-electron chi connectivity index (χ1n) is 9.48. The SMILES string of the molecule is C[C@]12CC[C@@H]3[C@H](CCC4=CC(=O)C=C[C@]43C)[C@H]1CC[C@H]2C(=O)CO. The monoisotopic (exact) mass is 328 g/mol. The van der Waals surface area contributed by atoms with Crippen molar-refractivity contribution in [3.8, 4) is 0 Å². The van der Waals surface area contributed by atoms with Crippen LogP contribution >= 0.6 is 0 Å². The van der Waals surface area contributed by atoms with Gasteiger partial charge < -0.3 is 5.11 Å². The molecule has 0 spiro atoms. The van der Waals surface area contributed by atoms with E-state index in [1.54, 1.807) is 6.08 Å². The van der Waals surface area contributed by atoms with Gasteiger partial charge in [-0.2, -0.15) is 0 Å². The number of hydrogen-bond acceptors (Lipinski definition) is 3. The van der Waals surface area contributed by atoms with Crippen molar-refractivity contribution in [3.63, 3.8) is 0 Å². The number of allylic oxidation sites excluding steroid dienone is 4. The average Bonchev–Trinajstić information content (AvgIpc) is 2.92. The van der Waals surface area contributed by atoms with E-state index in [2.05, 4.69) is 19.9 Å². The number of rotatable bonds is 2. The maximum Gasteiger partial charge on any atom is 0.178 e. The van der Waals surface area contributed by atoms with Gasteiger partial charge >= 0.3 is 0 Å². The van der Waals surface area contributed by atoms with Crippen molar-refractivity contribution >= 4 is 11.6 Å². The van der Waals surface area contributed by atoms with Gasteiger partial charge in [-0.25, -0.2) is 0 Å². The summed E-state index contributed by atoms with van der Waals surface area (Å²) in [5, 5.41) is 9.35. The van der Waals surface area contributed by atoms with Gasteiger partial charge in [0.25, 0.3) is 0 Å². The van der Waals surface area contributed by atoms with Crippen LogP contribution in [0.5, 0.6) is 0 Å². The highest BCUT2D eigenvalue weighted by Gasteiger charge is 2.59. The molecule has 0 saturated heterocycles. The highest BCUT2D eigenvalue weighted by Crippen LogP contribution is 2.65. The minimum atomic E-state index is -0.309. The number of fused-ring (bicyclic) bond motifs is 5. The molecule has 0 aromatic heterocycles. The molecule has 0 aromatic carbocycles. The second-order valence-electron chi connectivity index (χ2n) is 8.90. The Balaban J connectivity index is 1.66. The standard InChI is InChI=1S/C21H28O3/c1-20-9-7-14(23)11-13(20)3-4-15-16-5-6-18(19(24)12-22)21(16,2)10-8-17(15)20/h7,9,11,15-18,22H,3-6,8,10,12H2,1-2H3/t15-,16-,17-,18+,20-,21+/m1/s1. The molecule has 4 rings (SSSR count). The lowest BCUT2D eigenvalue weighted by molar-refractivity contribution is -0.132. The van der Waals surface area contributed by atoms with Crippen LogP contribution in [-0.4, -0.2) is 23.3 Å². The van der Waals surface area contributed by atoms with Gasteiger partial charge in [-0.05, 0) is 73.8 Å². The zero-order valence-corrected chi connectivity index (χ0v) is 14.8. The summed E-state index contributed by atoms with van der Waals surface area (Å²) in [5.41, 5.74) is 1.41. The Morgan fingerprint density at radius 1 is 1.21 bits per heavy atom. The van der Waals surface area contributed by atoms with Crippen LogP contribution in [0.3, 0.4) is 0 Å². The minimum Gasteiger partial charge on any atom is -0.389 e. The van der Waals surface area contributed by atoms with E-state index in [4.69, 9.17) is 0 Å². The first-order chi connectivity index (χ1) is 11.4. The van der Waals surface area contributed by atoms with Crippen molar-refractivity contribution in [2.24, 2.45) is 34.5 Å². The molecule has 0 aromatic rings. The van der Waals surface area contributed by atoms with Crippen LogP contribution in [0.4, 0.5) is 0 Å². The van der Waals surface area contributed by atoms with E-state index in [-0.39, 0.29) is 34.9 Å². The molecule has 4 aliphatic rings. The quantitative estimate of drug-likeness (QED) is 0.844. The molecule has 3 saturated carbocycles. The molecule has 0 amide bonds. The van der Waals surface area contributed by atoms with Crippen molar-refractivity contribution in [2.75, 3.05) is 6.61 Å². The van der Waals surface area contributed by atoms with Crippen molar-refractivity contribution in [1.82, 2.24) is 0 Å². The van der Waals surface area contributed by atoms with Crippen LogP contribution in [0.2, 0.25) is 0 Å². The highest BCUT2D eigenvalue weighted by atomic mass is 16.3. The van der Waals surface area contributed by atoms with Gasteiger partial charge in [0.1, 0.15) is 6.61 Å². The van der Waals surface area contributed by atoms with E-state index in [0.29, 0.717) is 17.8 Å². The third-order valence-electron chi connectivity index (χ3n) is 8.10. The Kier molecular flexibility index (Phi) is 3.65. The molecule has 0 bridgehead atoms. The summed E-state index contributed by atoms with van der Waals surface area (Å²) in [4.78, 5) is 24.0. The molecule has 24 heavy (non-hydrogen) atoms. The van der Waals surface area contributed by atoms with E-state index in [9.17, 15) is 14.7 Å². The smallest absolute Gasteiger partial charge is 0.178 e. The number of aliphatic hydroxyl groups is 1. The maximum atomic E-state index is 12.3. The average molecular weight is 328 g/mol. The zero-order valence-electron chi connectivity index (χ0n) is 14.8. The molecule has 3 fully saturated rings. The lowest BCUT2D eigenvalue weighted by atomic mass is 9.47. The van der Waals surface area contributed by atoms with Gasteiger partial charge in [-0.1, -0.05) is 25.5 Å². The Labute approximate surface area is 144 Å². The first kappa shape index (κ1) is 16.3. The van der Waals surface area contributed by atoms with Gasteiger partial charge in [-0.15, -0.1) is 0 Å². The molecule has 6 atom stereocenters. The number of carbonyl (C=O) groups is 2. The fraction of sp³-hybridized carbons (Fsp3) is 0.714. The van der Waals surface area contributed by atoms with E-state index < -0.39 is 0 Å². The van der Waals surface area contributed by atoms with Gasteiger partial charge in [-0.3, -0.25) is 9.59 Å². The van der Waals surface area contributed by atoms with Crippen molar-refractivity contribution in [1.29, 1.82) is 0 Å². The number of ketones is 2. The molecule has 3 heteroatoms. The lowest BCUT2D eigenvalue weighted by Crippen LogP contribution is -2.50. The Hall–Kier alpha value is -1.22. The predicted molar refractivity (Wildman–Crippen MR) is 92.2 cm³/mol. The molecular formula is C21H28O3. The minimum absolute atomic E-state index is 0.0250. The molecule has 0 heterocycles. The summed E-state index contributed by atoms with van der Waals surface area (Å²) in [6.45, 7) is 4.30. The van der Waals surface area contributed by atoms with Gasteiger partial charge in [0.2, 0.25) is 0 Å². The molecule has 130 valence electrons. The third-order valence-corrected chi connectivity index (χ3v) is 8.10. The largest absolute Gasteiger partial charge is 0.389 e. The van der Waals surface area contributed by atoms with E-state index in [1.165, 1.54) is 5.57 Å². The third kappa shape index (κ3) is 2.06. The fourth-order valence-corrected chi connectivity index (χ4v) is 6.84. The second-order valence-corrected chi connectivity index (χ2v) is 8.90. The zero-order chi connectivity index (χ0) is 17.1. The Morgan fingerprint density at radius 3 is 2.75 bits per heavy atom. The number of carbonyl (C=O) groups excluding carboxylic acids is 2. The van der Waals surface area contributed by atoms with Gasteiger partial charge in [0, 0.05) is 11.3 Å². The van der Waals surface area contributed by atoms with Gasteiger partial charge in [0.05, 0.1) is 0 Å². The van der Waals surface area contributed by atoms with Crippen LogP contribution in [0.25, 0.3) is 0 Å². The highest BCUT2D eigenvalue weighted by molar-refractivity contribution is 6.01. The molecule has 3 nitrogen and oxygen atoms in total. The van der Waals surface area contributed by atoms with Crippen LogP contribution < -0.4 is 0 Å². The molecule has 1 N–H and O–H groups in total. The van der Waals surface area contributed by atoms with E-state index in [0.717, 1.165) is 38.5 Å². The molecular weight excluding hydrogens is 300 g/mol. The molecule has 4 aliphatic carbocycles. The summed E-state index contributed by atoms with van der Waals surface area (Å²) < 4.78 is 0. The topological polar surface area (TPSA) is 54.4 Å². The Bertz CT molecular complexity index is 645. The summed E-state index contributed by atoms with van der Waals surface area (Å²) >= 11 is 0. The molecule has 0 radical (unpaired) electrons. The van der Waals surface area contributed by atoms with Crippen LogP contribution in [0.1, 0.15) is 52.4 Å². The normalized spacial score (nSPS) is 46.8. The van der Waals surface area contributed by atoms with Gasteiger partial charge in [0.15, 0.2) is 11.6 Å². The molecule has 0 aliphatic heterocycles. The first-order valence-corrected chi connectivity index (χ1v) is 9.48. The van der Waals surface area contributed by atoms with Crippen molar-refractivity contribution in [2.45, 2.75) is 52.4 Å². The summed E-state index contributed by atoms with van der Waals surface area (Å²) in [5.74, 6) is 2.03. The van der Waals surface area contributed by atoms with E-state index in [1.807, 2.05) is 6.08 Å². The van der Waals surface area contributed by atoms with E-state index >= 15 is 0 Å². The summed E-state index contributed by atoms with van der Waals surface area (Å²) in [6, 6.07) is 0. The molecule has 0 unspecified atom stereocenters. The van der Waals surface area contributed by atoms with Crippen LogP contribution in [-0.2, 0) is 9.59 Å². The second kappa shape index (κ2) is 5.39. The fourth-order valence-electron chi connectivity index (χ4n) is 6.84. The van der Waals surface area contributed by atoms with Crippen LogP contribution in [0.15, 0.2) is 23.8 Å². The Morgan fingerprint density at radius 2 is 2.00 bits per heavy atom. The maximum absolute atomic E-state index is 12.3. The predicted octanol–water partition coefficient (Wildman–Crippen LogP) is 3.47. The van der Waals surface area contributed by atoms with Crippen molar-refractivity contribution < 1.29 is 14.7 Å². The lowest BCUT2D eigenvalue weighted by Gasteiger charge is -2.56. The van der Waals surface area contributed by atoms with Crippen LogP contribution in [0, 0.1) is 34.5 Å². The van der Waals surface area contributed by atoms with Crippen molar-refractivity contribution in [3.05, 3.63) is 23.8 Å². The number of aliphatic hydroxyl groups excluding tert-OH is 1. The number of Topliss-reactive ketones (excluding diaryl/α,β-unsaturated/α-hetero) is 1. The summed E-state index contributed by atoms with van der Waals surface area (Å²) in [6.07, 6.45) is 12.2.